The van der Waals surface area contributed by atoms with Crippen LogP contribution in [0.3, 0.4) is 0 Å². The lowest BCUT2D eigenvalue weighted by atomic mass is 10.2. The first-order valence-corrected chi connectivity index (χ1v) is 11.9. The van der Waals surface area contributed by atoms with Gasteiger partial charge in [-0.15, -0.1) is 0 Å². The first kappa shape index (κ1) is 22.8. The maximum Gasteiger partial charge on any atom is 0.244 e. The quantitative estimate of drug-likeness (QED) is 0.562. The molecular weight excluding hydrogens is 474 g/mol. The number of hydrogen-bond acceptors (Lipinski definition) is 4. The fourth-order valence-electron chi connectivity index (χ4n) is 2.38. The molecule has 2 aromatic rings. The van der Waals surface area contributed by atoms with Crippen LogP contribution in [0.15, 0.2) is 51.8 Å². The monoisotopic (exact) mass is 492 g/mol. The second kappa shape index (κ2) is 10.3. The van der Waals surface area contributed by atoms with Crippen molar-refractivity contribution in [3.63, 3.8) is 0 Å². The van der Waals surface area contributed by atoms with Crippen LogP contribution in [-0.4, -0.2) is 32.4 Å². The number of rotatable bonds is 9. The van der Waals surface area contributed by atoms with Crippen LogP contribution in [0.1, 0.15) is 12.0 Å². The number of carbonyl (C=O) groups is 1. The maximum absolute atomic E-state index is 13.9. The topological polar surface area (TPSA) is 75.3 Å². The molecule has 0 spiro atoms. The molecule has 10 heteroatoms. The number of thioether (sulfide) groups is 1. The molecule has 1 unspecified atom stereocenters. The van der Waals surface area contributed by atoms with Gasteiger partial charge in [0.1, 0.15) is 22.6 Å². The van der Waals surface area contributed by atoms with E-state index in [0.717, 1.165) is 12.1 Å². The summed E-state index contributed by atoms with van der Waals surface area (Å²) >= 11 is 4.72. The summed E-state index contributed by atoms with van der Waals surface area (Å²) in [7, 11) is -4.23. The Hall–Kier alpha value is -1.49. The maximum atomic E-state index is 13.9. The fraction of sp³-hybridized carbons (Fsp3) is 0.278. The van der Waals surface area contributed by atoms with Crippen LogP contribution in [0, 0.1) is 11.6 Å². The summed E-state index contributed by atoms with van der Waals surface area (Å²) in [5, 5.41) is 2.60. The Bertz CT molecular complexity index is 942. The molecule has 5 nitrogen and oxygen atoms in total. The Kier molecular flexibility index (Phi) is 8.41. The van der Waals surface area contributed by atoms with Crippen molar-refractivity contribution in [2.75, 3.05) is 12.0 Å². The molecule has 0 aliphatic carbocycles. The van der Waals surface area contributed by atoms with E-state index in [0.29, 0.717) is 15.8 Å². The van der Waals surface area contributed by atoms with E-state index < -0.39 is 38.5 Å². The minimum absolute atomic E-state index is 0.00830. The molecule has 0 aliphatic heterocycles. The lowest BCUT2D eigenvalue weighted by Crippen LogP contribution is -2.47. The smallest absolute Gasteiger partial charge is 0.244 e. The highest BCUT2D eigenvalue weighted by molar-refractivity contribution is 9.10. The number of nitrogens with one attached hydrogen (secondary N) is 2. The standard InChI is InChI=1S/C18H19BrF2N2O3S2/c1-27-9-8-16(23-28(25,26)17-5-3-2-4-15(17)21)18(24)22-11-12-10-13(20)6-7-14(12)19/h2-7,10,16,23H,8-9,11H2,1H3,(H,22,24). The lowest BCUT2D eigenvalue weighted by Gasteiger charge is -2.19. The van der Waals surface area contributed by atoms with Gasteiger partial charge in [0.2, 0.25) is 15.9 Å². The number of halogens is 3. The van der Waals surface area contributed by atoms with Crippen molar-refractivity contribution >= 4 is 43.6 Å². The molecule has 0 aliphatic rings. The number of carbonyl (C=O) groups excluding carboxylic acids is 1. The van der Waals surface area contributed by atoms with Crippen molar-refractivity contribution in [2.45, 2.75) is 23.9 Å². The van der Waals surface area contributed by atoms with Crippen LogP contribution >= 0.6 is 27.7 Å². The van der Waals surface area contributed by atoms with E-state index in [1.54, 1.807) is 0 Å². The van der Waals surface area contributed by atoms with E-state index in [4.69, 9.17) is 0 Å². The molecule has 2 aromatic carbocycles. The minimum atomic E-state index is -4.23. The Balaban J connectivity index is 2.14. The van der Waals surface area contributed by atoms with Crippen LogP contribution in [-0.2, 0) is 21.4 Å². The Morgan fingerprint density at radius 2 is 1.93 bits per heavy atom. The molecule has 0 radical (unpaired) electrons. The molecule has 28 heavy (non-hydrogen) atoms. The predicted octanol–water partition coefficient (Wildman–Crippen LogP) is 3.44. The molecular formula is C18H19BrF2N2O3S2. The van der Waals surface area contributed by atoms with Crippen molar-refractivity contribution in [1.82, 2.24) is 10.0 Å². The molecule has 2 N–H and O–H groups in total. The largest absolute Gasteiger partial charge is 0.351 e. The van der Waals surface area contributed by atoms with Crippen molar-refractivity contribution in [3.8, 4) is 0 Å². The summed E-state index contributed by atoms with van der Waals surface area (Å²) in [6, 6.07) is 7.91. The summed E-state index contributed by atoms with van der Waals surface area (Å²) in [5.74, 6) is -1.42. The van der Waals surface area contributed by atoms with E-state index in [-0.39, 0.29) is 13.0 Å². The Morgan fingerprint density at radius 1 is 1.21 bits per heavy atom. The highest BCUT2D eigenvalue weighted by Gasteiger charge is 2.27. The van der Waals surface area contributed by atoms with Gasteiger partial charge in [-0.3, -0.25) is 4.79 Å². The van der Waals surface area contributed by atoms with Gasteiger partial charge in [-0.05, 0) is 54.3 Å². The van der Waals surface area contributed by atoms with E-state index in [9.17, 15) is 22.0 Å². The predicted molar refractivity (Wildman–Crippen MR) is 109 cm³/mol. The van der Waals surface area contributed by atoms with Gasteiger partial charge < -0.3 is 5.32 Å². The molecule has 0 bridgehead atoms. The third-order valence-electron chi connectivity index (χ3n) is 3.81. The van der Waals surface area contributed by atoms with Crippen LogP contribution in [0.2, 0.25) is 0 Å². The summed E-state index contributed by atoms with van der Waals surface area (Å²) in [4.78, 5) is 12.0. The van der Waals surface area contributed by atoms with Crippen LogP contribution in [0.5, 0.6) is 0 Å². The first-order chi connectivity index (χ1) is 13.2. The fourth-order valence-corrected chi connectivity index (χ4v) is 4.54. The molecule has 152 valence electrons. The zero-order valence-electron chi connectivity index (χ0n) is 14.9. The van der Waals surface area contributed by atoms with Crippen molar-refractivity contribution in [3.05, 3.63) is 64.1 Å². The molecule has 0 saturated heterocycles. The lowest BCUT2D eigenvalue weighted by molar-refractivity contribution is -0.122. The molecule has 1 atom stereocenters. The van der Waals surface area contributed by atoms with Gasteiger partial charge in [0.05, 0.1) is 0 Å². The molecule has 0 fully saturated rings. The van der Waals surface area contributed by atoms with Gasteiger partial charge in [0.15, 0.2) is 0 Å². The van der Waals surface area contributed by atoms with Gasteiger partial charge in [-0.1, -0.05) is 28.1 Å². The second-order valence-electron chi connectivity index (χ2n) is 5.84. The van der Waals surface area contributed by atoms with E-state index in [1.165, 1.54) is 42.1 Å². The van der Waals surface area contributed by atoms with Crippen LogP contribution in [0.4, 0.5) is 8.78 Å². The van der Waals surface area contributed by atoms with Crippen LogP contribution in [0.25, 0.3) is 0 Å². The highest BCUT2D eigenvalue weighted by Crippen LogP contribution is 2.18. The van der Waals surface area contributed by atoms with Crippen LogP contribution < -0.4 is 10.0 Å². The minimum Gasteiger partial charge on any atom is -0.351 e. The summed E-state index contributed by atoms with van der Waals surface area (Å²) < 4.78 is 55.2. The zero-order chi connectivity index (χ0) is 20.7. The number of amides is 1. The number of hydrogen-bond donors (Lipinski definition) is 2. The normalized spacial score (nSPS) is 12.6. The number of sulfonamides is 1. The van der Waals surface area contributed by atoms with Gasteiger partial charge in [0, 0.05) is 11.0 Å². The summed E-state index contributed by atoms with van der Waals surface area (Å²) in [6.45, 7) is 0.00830. The Labute approximate surface area is 175 Å². The second-order valence-corrected chi connectivity index (χ2v) is 9.36. The third-order valence-corrected chi connectivity index (χ3v) is 6.73. The average molecular weight is 493 g/mol. The van der Waals surface area contributed by atoms with Crippen molar-refractivity contribution in [1.29, 1.82) is 0 Å². The molecule has 2 rings (SSSR count). The van der Waals surface area contributed by atoms with E-state index >= 15 is 0 Å². The zero-order valence-corrected chi connectivity index (χ0v) is 18.1. The van der Waals surface area contributed by atoms with Gasteiger partial charge in [-0.2, -0.15) is 16.5 Å². The highest BCUT2D eigenvalue weighted by atomic mass is 79.9. The summed E-state index contributed by atoms with van der Waals surface area (Å²) in [5.41, 5.74) is 0.508. The molecule has 0 aromatic heterocycles. The van der Waals surface area contributed by atoms with Crippen molar-refractivity contribution in [2.24, 2.45) is 0 Å². The average Bonchev–Trinajstić information content (AvgIpc) is 2.65. The van der Waals surface area contributed by atoms with E-state index in [2.05, 4.69) is 26.0 Å². The van der Waals surface area contributed by atoms with Gasteiger partial charge >= 0.3 is 0 Å². The molecule has 0 heterocycles. The van der Waals surface area contributed by atoms with E-state index in [1.807, 2.05) is 6.26 Å². The van der Waals surface area contributed by atoms with Crippen molar-refractivity contribution < 1.29 is 22.0 Å². The molecule has 1 amide bonds. The molecule has 0 saturated carbocycles. The first-order valence-electron chi connectivity index (χ1n) is 8.22. The van der Waals surface area contributed by atoms with Gasteiger partial charge in [0.25, 0.3) is 0 Å². The van der Waals surface area contributed by atoms with Gasteiger partial charge in [-0.25, -0.2) is 17.2 Å². The number of benzene rings is 2. The SMILES string of the molecule is CSCCC(NS(=O)(=O)c1ccccc1F)C(=O)NCc1cc(F)ccc1Br. The third kappa shape index (κ3) is 6.26. The Morgan fingerprint density at radius 3 is 2.61 bits per heavy atom. The summed E-state index contributed by atoms with van der Waals surface area (Å²) in [6.07, 6.45) is 2.04.